The van der Waals surface area contributed by atoms with Gasteiger partial charge in [0.1, 0.15) is 6.04 Å². The maximum atomic E-state index is 11.9. The highest BCUT2D eigenvalue weighted by Gasteiger charge is 2.26. The molecule has 18 heavy (non-hydrogen) atoms. The Morgan fingerprint density at radius 2 is 1.89 bits per heavy atom. The van der Waals surface area contributed by atoms with Gasteiger partial charge in [0, 0.05) is 5.54 Å². The standard InChI is InChI=1S/C13H18N2O3/c1-13(2,8-10(16)17)15-12(18)11(14)9-6-4-3-5-7-9/h3-7,11H,8,14H2,1-2H3,(H,15,18)(H,16,17)/t11-/m0/s1. The van der Waals surface area contributed by atoms with Crippen LogP contribution in [0.3, 0.4) is 0 Å². The molecule has 0 aliphatic carbocycles. The molecule has 4 N–H and O–H groups in total. The Morgan fingerprint density at radius 3 is 2.39 bits per heavy atom. The van der Waals surface area contributed by atoms with E-state index in [2.05, 4.69) is 5.32 Å². The van der Waals surface area contributed by atoms with Crippen LogP contribution in [0.25, 0.3) is 0 Å². The van der Waals surface area contributed by atoms with Crippen molar-refractivity contribution >= 4 is 11.9 Å². The van der Waals surface area contributed by atoms with Crippen LogP contribution in [-0.2, 0) is 9.59 Å². The maximum Gasteiger partial charge on any atom is 0.305 e. The Balaban J connectivity index is 2.68. The lowest BCUT2D eigenvalue weighted by atomic mass is 9.99. The Morgan fingerprint density at radius 1 is 1.33 bits per heavy atom. The topological polar surface area (TPSA) is 92.4 Å². The third-order valence-corrected chi connectivity index (χ3v) is 2.50. The summed E-state index contributed by atoms with van der Waals surface area (Å²) in [6, 6.07) is 8.15. The first-order valence-electron chi connectivity index (χ1n) is 5.66. The molecule has 0 fully saturated rings. The summed E-state index contributed by atoms with van der Waals surface area (Å²) in [5.41, 5.74) is 5.69. The zero-order valence-electron chi connectivity index (χ0n) is 10.5. The number of amides is 1. The van der Waals surface area contributed by atoms with E-state index in [1.807, 2.05) is 6.07 Å². The van der Waals surface area contributed by atoms with E-state index in [4.69, 9.17) is 10.8 Å². The quantitative estimate of drug-likeness (QED) is 0.728. The lowest BCUT2D eigenvalue weighted by Gasteiger charge is -2.26. The summed E-state index contributed by atoms with van der Waals surface area (Å²) in [6.07, 6.45) is -0.153. The molecule has 0 aliphatic rings. The van der Waals surface area contributed by atoms with Gasteiger partial charge in [-0.15, -0.1) is 0 Å². The van der Waals surface area contributed by atoms with E-state index in [0.717, 1.165) is 0 Å². The number of carboxylic acid groups (broad SMARTS) is 1. The Labute approximate surface area is 106 Å². The largest absolute Gasteiger partial charge is 0.481 e. The average molecular weight is 250 g/mol. The van der Waals surface area contributed by atoms with E-state index < -0.39 is 17.6 Å². The number of aliphatic carboxylic acids is 1. The first kappa shape index (κ1) is 14.2. The highest BCUT2D eigenvalue weighted by molar-refractivity contribution is 5.84. The monoisotopic (exact) mass is 250 g/mol. The third kappa shape index (κ3) is 4.18. The van der Waals surface area contributed by atoms with E-state index in [1.54, 1.807) is 38.1 Å². The lowest BCUT2D eigenvalue weighted by Crippen LogP contribution is -2.48. The molecule has 0 bridgehead atoms. The minimum atomic E-state index is -0.964. The van der Waals surface area contributed by atoms with Gasteiger partial charge in [0.05, 0.1) is 6.42 Å². The van der Waals surface area contributed by atoms with E-state index in [0.29, 0.717) is 5.56 Å². The number of carboxylic acids is 1. The van der Waals surface area contributed by atoms with Gasteiger partial charge in [0.25, 0.3) is 0 Å². The van der Waals surface area contributed by atoms with Crippen LogP contribution in [0, 0.1) is 0 Å². The number of hydrogen-bond donors (Lipinski definition) is 3. The SMILES string of the molecule is CC(C)(CC(=O)O)NC(=O)[C@@H](N)c1ccccc1. The second-order valence-corrected chi connectivity index (χ2v) is 4.83. The van der Waals surface area contributed by atoms with E-state index in [1.165, 1.54) is 0 Å². The van der Waals surface area contributed by atoms with Crippen LogP contribution < -0.4 is 11.1 Å². The van der Waals surface area contributed by atoms with E-state index in [9.17, 15) is 9.59 Å². The van der Waals surface area contributed by atoms with Crippen LogP contribution in [0.5, 0.6) is 0 Å². The molecule has 0 unspecified atom stereocenters. The van der Waals surface area contributed by atoms with Gasteiger partial charge in [-0.05, 0) is 19.4 Å². The summed E-state index contributed by atoms with van der Waals surface area (Å²) in [6.45, 7) is 3.30. The summed E-state index contributed by atoms with van der Waals surface area (Å²) < 4.78 is 0. The van der Waals surface area contributed by atoms with Crippen LogP contribution in [-0.4, -0.2) is 22.5 Å². The van der Waals surface area contributed by atoms with Gasteiger partial charge in [0.2, 0.25) is 5.91 Å². The second kappa shape index (κ2) is 5.64. The predicted molar refractivity (Wildman–Crippen MR) is 67.8 cm³/mol. The fourth-order valence-electron chi connectivity index (χ4n) is 1.65. The van der Waals surface area contributed by atoms with Crippen molar-refractivity contribution in [1.82, 2.24) is 5.32 Å². The van der Waals surface area contributed by atoms with Gasteiger partial charge in [0.15, 0.2) is 0 Å². The number of carbonyl (C=O) groups excluding carboxylic acids is 1. The Bertz CT molecular complexity index is 429. The summed E-state index contributed by atoms with van der Waals surface area (Å²) in [7, 11) is 0. The van der Waals surface area contributed by atoms with Crippen molar-refractivity contribution in [3.05, 3.63) is 35.9 Å². The molecular formula is C13H18N2O3. The first-order chi connectivity index (χ1) is 8.32. The number of hydrogen-bond acceptors (Lipinski definition) is 3. The molecule has 0 spiro atoms. The van der Waals surface area contributed by atoms with Crippen molar-refractivity contribution < 1.29 is 14.7 Å². The van der Waals surface area contributed by atoms with Crippen LogP contribution in [0.2, 0.25) is 0 Å². The molecule has 0 heterocycles. The Hall–Kier alpha value is -1.88. The molecule has 1 atom stereocenters. The van der Waals surface area contributed by atoms with Gasteiger partial charge in [-0.1, -0.05) is 30.3 Å². The molecule has 5 nitrogen and oxygen atoms in total. The fraction of sp³-hybridized carbons (Fsp3) is 0.385. The maximum absolute atomic E-state index is 11.9. The predicted octanol–water partition coefficient (Wildman–Crippen LogP) is 1.06. The molecule has 0 aromatic heterocycles. The van der Waals surface area contributed by atoms with E-state index in [-0.39, 0.29) is 12.3 Å². The Kier molecular flexibility index (Phi) is 4.44. The molecule has 98 valence electrons. The normalized spacial score (nSPS) is 12.8. The molecule has 5 heteroatoms. The summed E-state index contributed by atoms with van der Waals surface area (Å²) in [5.74, 6) is -1.35. The number of benzene rings is 1. The smallest absolute Gasteiger partial charge is 0.305 e. The van der Waals surface area contributed by atoms with Crippen molar-refractivity contribution in [2.75, 3.05) is 0 Å². The van der Waals surface area contributed by atoms with Crippen molar-refractivity contribution in [3.63, 3.8) is 0 Å². The zero-order chi connectivity index (χ0) is 13.8. The number of nitrogens with one attached hydrogen (secondary N) is 1. The molecule has 1 amide bonds. The highest BCUT2D eigenvalue weighted by atomic mass is 16.4. The summed E-state index contributed by atoms with van der Waals surface area (Å²) >= 11 is 0. The molecule has 0 saturated heterocycles. The third-order valence-electron chi connectivity index (χ3n) is 2.50. The molecule has 0 aliphatic heterocycles. The van der Waals surface area contributed by atoms with E-state index >= 15 is 0 Å². The van der Waals surface area contributed by atoms with Gasteiger partial charge in [-0.25, -0.2) is 0 Å². The van der Waals surface area contributed by atoms with Crippen molar-refractivity contribution in [2.45, 2.75) is 31.8 Å². The van der Waals surface area contributed by atoms with Crippen molar-refractivity contribution in [2.24, 2.45) is 5.73 Å². The molecule has 1 rings (SSSR count). The molecule has 0 radical (unpaired) electrons. The van der Waals surface area contributed by atoms with Crippen molar-refractivity contribution in [1.29, 1.82) is 0 Å². The van der Waals surface area contributed by atoms with Gasteiger partial charge < -0.3 is 16.2 Å². The lowest BCUT2D eigenvalue weighted by molar-refractivity contribution is -0.138. The molecule has 1 aromatic carbocycles. The second-order valence-electron chi connectivity index (χ2n) is 4.83. The van der Waals surface area contributed by atoms with Crippen molar-refractivity contribution in [3.8, 4) is 0 Å². The number of carbonyl (C=O) groups is 2. The van der Waals surface area contributed by atoms with Crippen LogP contribution >= 0.6 is 0 Å². The minimum absolute atomic E-state index is 0.153. The van der Waals surface area contributed by atoms with Gasteiger partial charge in [-0.3, -0.25) is 9.59 Å². The highest BCUT2D eigenvalue weighted by Crippen LogP contribution is 2.13. The fourth-order valence-corrected chi connectivity index (χ4v) is 1.65. The van der Waals surface area contributed by atoms with Crippen LogP contribution in [0.4, 0.5) is 0 Å². The zero-order valence-corrected chi connectivity index (χ0v) is 10.5. The van der Waals surface area contributed by atoms with Crippen LogP contribution in [0.15, 0.2) is 30.3 Å². The van der Waals surface area contributed by atoms with Gasteiger partial charge in [-0.2, -0.15) is 0 Å². The van der Waals surface area contributed by atoms with Gasteiger partial charge >= 0.3 is 5.97 Å². The van der Waals surface area contributed by atoms with Crippen LogP contribution in [0.1, 0.15) is 31.9 Å². The summed E-state index contributed by atoms with van der Waals surface area (Å²) in [5, 5.41) is 11.4. The number of rotatable bonds is 5. The number of nitrogens with two attached hydrogens (primary N) is 1. The first-order valence-corrected chi connectivity index (χ1v) is 5.66. The summed E-state index contributed by atoms with van der Waals surface area (Å²) in [4.78, 5) is 22.6. The minimum Gasteiger partial charge on any atom is -0.481 e. The molecule has 0 saturated carbocycles. The average Bonchev–Trinajstić information content (AvgIpc) is 2.26. The molecular weight excluding hydrogens is 232 g/mol. The molecule has 1 aromatic rings.